The number of carbonyl (C=O) groups excluding carboxylic acids is 1. The van der Waals surface area contributed by atoms with Crippen LogP contribution in [0.2, 0.25) is 0 Å². The molecule has 0 fully saturated rings. The molecule has 0 aromatic heterocycles. The van der Waals surface area contributed by atoms with Crippen LogP contribution in [0, 0.1) is 5.92 Å². The average molecular weight is 287 g/mol. The Bertz CT molecular complexity index is 385. The van der Waals surface area contributed by atoms with Crippen molar-refractivity contribution in [1.29, 1.82) is 0 Å². The first-order valence-corrected chi connectivity index (χ1v) is 6.31. The molecule has 19 heavy (non-hydrogen) atoms. The summed E-state index contributed by atoms with van der Waals surface area (Å²) in [6.45, 7) is 5.73. The molecule has 0 aliphatic rings. The minimum Gasteiger partial charge on any atom is -0.494 e. The number of carbonyl (C=O) groups is 1. The van der Waals surface area contributed by atoms with Gasteiger partial charge in [-0.1, -0.05) is 19.1 Å². The Kier molecular flexibility index (Phi) is 9.00. The van der Waals surface area contributed by atoms with E-state index in [9.17, 15) is 4.79 Å². The van der Waals surface area contributed by atoms with E-state index in [4.69, 9.17) is 4.74 Å². The molecule has 0 aliphatic heterocycles. The van der Waals surface area contributed by atoms with E-state index in [0.717, 1.165) is 11.3 Å². The predicted molar refractivity (Wildman–Crippen MR) is 79.8 cm³/mol. The van der Waals surface area contributed by atoms with Crippen LogP contribution < -0.4 is 15.4 Å². The third kappa shape index (κ3) is 6.45. The molecule has 0 saturated carbocycles. The average Bonchev–Trinajstić information content (AvgIpc) is 2.37. The lowest BCUT2D eigenvalue weighted by atomic mass is 10.1. The fourth-order valence-corrected chi connectivity index (χ4v) is 1.67. The van der Waals surface area contributed by atoms with Gasteiger partial charge in [0.25, 0.3) is 0 Å². The van der Waals surface area contributed by atoms with Crippen molar-refractivity contribution in [3.8, 4) is 5.75 Å². The summed E-state index contributed by atoms with van der Waals surface area (Å²) in [6.07, 6.45) is 0. The molecule has 1 rings (SSSR count). The zero-order chi connectivity index (χ0) is 13.4. The third-order valence-corrected chi connectivity index (χ3v) is 2.63. The highest BCUT2D eigenvalue weighted by Crippen LogP contribution is 2.13. The Labute approximate surface area is 121 Å². The summed E-state index contributed by atoms with van der Waals surface area (Å²) in [7, 11) is 1.84. The fourth-order valence-electron chi connectivity index (χ4n) is 1.67. The van der Waals surface area contributed by atoms with Crippen LogP contribution in [0.25, 0.3) is 0 Å². The molecule has 0 bridgehead atoms. The van der Waals surface area contributed by atoms with Crippen molar-refractivity contribution in [2.75, 3.05) is 20.2 Å². The van der Waals surface area contributed by atoms with Gasteiger partial charge >= 0.3 is 0 Å². The van der Waals surface area contributed by atoms with Crippen molar-refractivity contribution in [2.24, 2.45) is 5.92 Å². The van der Waals surface area contributed by atoms with Gasteiger partial charge in [-0.3, -0.25) is 4.79 Å². The summed E-state index contributed by atoms with van der Waals surface area (Å²) in [5, 5.41) is 5.91. The number of nitrogens with one attached hydrogen (secondary N) is 2. The molecule has 5 heteroatoms. The van der Waals surface area contributed by atoms with Crippen molar-refractivity contribution in [3.05, 3.63) is 29.8 Å². The number of halogens is 1. The summed E-state index contributed by atoms with van der Waals surface area (Å²) in [5.74, 6) is 0.878. The van der Waals surface area contributed by atoms with Crippen molar-refractivity contribution in [3.63, 3.8) is 0 Å². The lowest BCUT2D eigenvalue weighted by molar-refractivity contribution is -0.124. The van der Waals surface area contributed by atoms with E-state index in [2.05, 4.69) is 10.6 Å². The second-order valence-corrected chi connectivity index (χ2v) is 4.26. The predicted octanol–water partition coefficient (Wildman–Crippen LogP) is 1.98. The second kappa shape index (κ2) is 9.64. The van der Waals surface area contributed by atoms with E-state index >= 15 is 0 Å². The van der Waals surface area contributed by atoms with Crippen molar-refractivity contribution in [1.82, 2.24) is 10.6 Å². The Balaban J connectivity index is 0.00000324. The maximum atomic E-state index is 11.7. The molecule has 2 N–H and O–H groups in total. The molecule has 1 unspecified atom stereocenters. The van der Waals surface area contributed by atoms with Gasteiger partial charge in [0.05, 0.1) is 6.61 Å². The molecule has 0 saturated heterocycles. The van der Waals surface area contributed by atoms with E-state index in [1.165, 1.54) is 0 Å². The molecule has 1 atom stereocenters. The quantitative estimate of drug-likeness (QED) is 0.806. The summed E-state index contributed by atoms with van der Waals surface area (Å²) in [4.78, 5) is 11.7. The molecule has 0 spiro atoms. The lowest BCUT2D eigenvalue weighted by Crippen LogP contribution is -2.33. The molecule has 0 aliphatic carbocycles. The van der Waals surface area contributed by atoms with Crippen LogP contribution in [0.4, 0.5) is 0 Å². The van der Waals surface area contributed by atoms with Crippen LogP contribution in [0.5, 0.6) is 5.75 Å². The van der Waals surface area contributed by atoms with Gasteiger partial charge in [0, 0.05) is 19.0 Å². The molecule has 1 amide bonds. The minimum atomic E-state index is -0.0231. The molecule has 1 aromatic rings. The number of benzene rings is 1. The summed E-state index contributed by atoms with van der Waals surface area (Å²) in [6, 6.07) is 7.78. The molecule has 1 aromatic carbocycles. The SMILES string of the molecule is CCOc1cccc(CNC(=O)C(C)CNC)c1.Cl. The van der Waals surface area contributed by atoms with Crippen LogP contribution in [0.15, 0.2) is 24.3 Å². The van der Waals surface area contributed by atoms with Crippen molar-refractivity contribution in [2.45, 2.75) is 20.4 Å². The topological polar surface area (TPSA) is 50.4 Å². The Morgan fingerprint density at radius 3 is 2.79 bits per heavy atom. The largest absolute Gasteiger partial charge is 0.494 e. The molecular weight excluding hydrogens is 264 g/mol. The number of ether oxygens (including phenoxy) is 1. The van der Waals surface area contributed by atoms with Gasteiger partial charge in [-0.2, -0.15) is 0 Å². The molecule has 4 nitrogen and oxygen atoms in total. The van der Waals surface area contributed by atoms with Gasteiger partial charge in [-0.25, -0.2) is 0 Å². The van der Waals surface area contributed by atoms with Crippen LogP contribution in [0.3, 0.4) is 0 Å². The van der Waals surface area contributed by atoms with Gasteiger partial charge in [-0.15, -0.1) is 12.4 Å². The van der Waals surface area contributed by atoms with Crippen LogP contribution in [0.1, 0.15) is 19.4 Å². The smallest absolute Gasteiger partial charge is 0.224 e. The zero-order valence-electron chi connectivity index (χ0n) is 11.7. The highest BCUT2D eigenvalue weighted by molar-refractivity contribution is 5.85. The Hall–Kier alpha value is -1.26. The summed E-state index contributed by atoms with van der Waals surface area (Å²) in [5.41, 5.74) is 1.05. The van der Waals surface area contributed by atoms with Gasteiger partial charge in [0.1, 0.15) is 5.75 Å². The maximum absolute atomic E-state index is 11.7. The van der Waals surface area contributed by atoms with Crippen LogP contribution in [-0.4, -0.2) is 26.1 Å². The first-order valence-electron chi connectivity index (χ1n) is 6.31. The van der Waals surface area contributed by atoms with E-state index in [1.807, 2.05) is 45.2 Å². The maximum Gasteiger partial charge on any atom is 0.224 e. The van der Waals surface area contributed by atoms with Gasteiger partial charge in [-0.05, 0) is 31.7 Å². The molecule has 108 valence electrons. The minimum absolute atomic E-state index is 0. The van der Waals surface area contributed by atoms with Gasteiger partial charge in [0.2, 0.25) is 5.91 Å². The number of hydrogen-bond donors (Lipinski definition) is 2. The first-order chi connectivity index (χ1) is 8.67. The summed E-state index contributed by atoms with van der Waals surface area (Å²) < 4.78 is 5.42. The standard InChI is InChI=1S/C14H22N2O2.ClH/c1-4-18-13-7-5-6-12(8-13)10-16-14(17)11(2)9-15-3;/h5-8,11,15H,4,9-10H2,1-3H3,(H,16,17);1H. The molecular formula is C14H23ClN2O2. The van der Waals surface area contributed by atoms with Gasteiger partial charge in [0.15, 0.2) is 0 Å². The normalized spacial score (nSPS) is 11.3. The first kappa shape index (κ1) is 17.7. The number of hydrogen-bond acceptors (Lipinski definition) is 3. The highest BCUT2D eigenvalue weighted by Gasteiger charge is 2.10. The van der Waals surface area contributed by atoms with E-state index in [0.29, 0.717) is 19.7 Å². The van der Waals surface area contributed by atoms with Crippen LogP contribution >= 0.6 is 12.4 Å². The monoisotopic (exact) mass is 286 g/mol. The zero-order valence-corrected chi connectivity index (χ0v) is 12.5. The number of rotatable bonds is 7. The van der Waals surface area contributed by atoms with Crippen LogP contribution in [-0.2, 0) is 11.3 Å². The Morgan fingerprint density at radius 1 is 1.42 bits per heavy atom. The molecule has 0 heterocycles. The lowest BCUT2D eigenvalue weighted by Gasteiger charge is -2.12. The second-order valence-electron chi connectivity index (χ2n) is 4.26. The fraction of sp³-hybridized carbons (Fsp3) is 0.500. The van der Waals surface area contributed by atoms with E-state index < -0.39 is 0 Å². The summed E-state index contributed by atoms with van der Waals surface area (Å²) >= 11 is 0. The van der Waals surface area contributed by atoms with Crippen molar-refractivity contribution >= 4 is 18.3 Å². The highest BCUT2D eigenvalue weighted by atomic mass is 35.5. The van der Waals surface area contributed by atoms with E-state index in [1.54, 1.807) is 0 Å². The Morgan fingerprint density at radius 2 is 2.16 bits per heavy atom. The third-order valence-electron chi connectivity index (χ3n) is 2.63. The van der Waals surface area contributed by atoms with Gasteiger partial charge < -0.3 is 15.4 Å². The van der Waals surface area contributed by atoms with E-state index in [-0.39, 0.29) is 24.2 Å². The number of amides is 1. The van der Waals surface area contributed by atoms with Crippen molar-refractivity contribution < 1.29 is 9.53 Å². The molecule has 0 radical (unpaired) electrons.